The van der Waals surface area contributed by atoms with Crippen LogP contribution in [0.1, 0.15) is 26.2 Å². The number of hydrogen-bond acceptors (Lipinski definition) is 1. The molecule has 1 amide bonds. The molecule has 1 aliphatic rings. The second-order valence-corrected chi connectivity index (χ2v) is 3.63. The molecule has 0 aromatic heterocycles. The first-order valence-electron chi connectivity index (χ1n) is 4.61. The van der Waals surface area contributed by atoms with Gasteiger partial charge in [-0.2, -0.15) is 0 Å². The highest BCUT2D eigenvalue weighted by Gasteiger charge is 2.21. The molecule has 0 aromatic carbocycles. The topological polar surface area (TPSA) is 20.3 Å². The van der Waals surface area contributed by atoms with E-state index in [-0.39, 0.29) is 11.8 Å². The normalized spacial score (nSPS) is 17.2. The molecule has 0 bridgehead atoms. The predicted molar refractivity (Wildman–Crippen MR) is 50.3 cm³/mol. The molecule has 1 rings (SSSR count). The zero-order chi connectivity index (χ0) is 8.97. The van der Waals surface area contributed by atoms with Gasteiger partial charge in [0.15, 0.2) is 0 Å². The number of halogens is 1. The Balaban J connectivity index is 2.28. The summed E-state index contributed by atoms with van der Waals surface area (Å²) in [5.41, 5.74) is 0. The molecule has 0 aliphatic heterocycles. The van der Waals surface area contributed by atoms with Crippen LogP contribution < -0.4 is 0 Å². The molecule has 0 aromatic rings. The fourth-order valence-electron chi connectivity index (χ4n) is 1.48. The average Bonchev–Trinajstić information content (AvgIpc) is 2.02. The van der Waals surface area contributed by atoms with Crippen molar-refractivity contribution in [2.24, 2.45) is 5.92 Å². The monoisotopic (exact) mass is 189 g/mol. The molecule has 1 saturated carbocycles. The fraction of sp³-hybridized carbons (Fsp3) is 0.889. The van der Waals surface area contributed by atoms with Crippen LogP contribution in [0.3, 0.4) is 0 Å². The summed E-state index contributed by atoms with van der Waals surface area (Å²) in [6.07, 6.45) is 3.90. The molecule has 0 atom stereocenters. The Labute approximate surface area is 78.9 Å². The first-order chi connectivity index (χ1) is 5.77. The van der Waals surface area contributed by atoms with Crippen molar-refractivity contribution in [1.82, 2.24) is 4.90 Å². The summed E-state index contributed by atoms with van der Waals surface area (Å²) >= 11 is 5.48. The van der Waals surface area contributed by atoms with Crippen LogP contribution >= 0.6 is 11.6 Å². The van der Waals surface area contributed by atoms with E-state index in [1.54, 1.807) is 0 Å². The van der Waals surface area contributed by atoms with Crippen LogP contribution in [0.15, 0.2) is 0 Å². The molecule has 0 saturated heterocycles. The van der Waals surface area contributed by atoms with E-state index in [1.807, 2.05) is 11.8 Å². The van der Waals surface area contributed by atoms with Gasteiger partial charge in [0.05, 0.1) is 0 Å². The van der Waals surface area contributed by atoms with Crippen molar-refractivity contribution in [2.45, 2.75) is 26.2 Å². The number of alkyl halides is 1. The van der Waals surface area contributed by atoms with Crippen molar-refractivity contribution in [1.29, 1.82) is 0 Å². The fourth-order valence-corrected chi connectivity index (χ4v) is 1.65. The largest absolute Gasteiger partial charge is 0.342 e. The molecule has 1 aliphatic carbocycles. The maximum Gasteiger partial charge on any atom is 0.237 e. The SMILES string of the molecule is CCN(CC1CCC1)C(=O)CCl. The van der Waals surface area contributed by atoms with Gasteiger partial charge in [-0.1, -0.05) is 6.42 Å². The zero-order valence-electron chi connectivity index (χ0n) is 7.55. The summed E-state index contributed by atoms with van der Waals surface area (Å²) < 4.78 is 0. The summed E-state index contributed by atoms with van der Waals surface area (Å²) in [7, 11) is 0. The number of carbonyl (C=O) groups excluding carboxylic acids is 1. The third kappa shape index (κ3) is 2.37. The Morgan fingerprint density at radius 3 is 2.58 bits per heavy atom. The first-order valence-corrected chi connectivity index (χ1v) is 5.15. The maximum absolute atomic E-state index is 11.2. The molecular formula is C9H16ClNO. The van der Waals surface area contributed by atoms with Gasteiger partial charge < -0.3 is 4.90 Å². The minimum atomic E-state index is 0.0751. The maximum atomic E-state index is 11.2. The van der Waals surface area contributed by atoms with E-state index in [2.05, 4.69) is 0 Å². The predicted octanol–water partition coefficient (Wildman–Crippen LogP) is 1.87. The third-order valence-electron chi connectivity index (χ3n) is 2.55. The second-order valence-electron chi connectivity index (χ2n) is 3.36. The van der Waals surface area contributed by atoms with Gasteiger partial charge in [0, 0.05) is 13.1 Å². The summed E-state index contributed by atoms with van der Waals surface area (Å²) in [6.45, 7) is 3.72. The van der Waals surface area contributed by atoms with Gasteiger partial charge in [0.25, 0.3) is 0 Å². The lowest BCUT2D eigenvalue weighted by molar-refractivity contribution is -0.129. The molecular weight excluding hydrogens is 174 g/mol. The standard InChI is InChI=1S/C9H16ClNO/c1-2-11(9(12)6-10)7-8-4-3-5-8/h8H,2-7H2,1H3. The second kappa shape index (κ2) is 4.70. The van der Waals surface area contributed by atoms with Gasteiger partial charge in [-0.3, -0.25) is 4.79 Å². The van der Waals surface area contributed by atoms with E-state index >= 15 is 0 Å². The summed E-state index contributed by atoms with van der Waals surface area (Å²) in [5.74, 6) is 0.948. The lowest BCUT2D eigenvalue weighted by Crippen LogP contribution is -2.37. The van der Waals surface area contributed by atoms with Gasteiger partial charge >= 0.3 is 0 Å². The molecule has 70 valence electrons. The highest BCUT2D eigenvalue weighted by atomic mass is 35.5. The lowest BCUT2D eigenvalue weighted by Gasteiger charge is -2.31. The van der Waals surface area contributed by atoms with Crippen molar-refractivity contribution >= 4 is 17.5 Å². The van der Waals surface area contributed by atoms with Crippen LogP contribution in [0.4, 0.5) is 0 Å². The highest BCUT2D eigenvalue weighted by Crippen LogP contribution is 2.26. The van der Waals surface area contributed by atoms with E-state index in [9.17, 15) is 4.79 Å². The van der Waals surface area contributed by atoms with E-state index in [4.69, 9.17) is 11.6 Å². The van der Waals surface area contributed by atoms with Crippen LogP contribution in [0.25, 0.3) is 0 Å². The van der Waals surface area contributed by atoms with Gasteiger partial charge in [0.1, 0.15) is 5.88 Å². The van der Waals surface area contributed by atoms with E-state index in [1.165, 1.54) is 19.3 Å². The summed E-state index contributed by atoms with van der Waals surface area (Å²) in [5, 5.41) is 0. The molecule has 1 fully saturated rings. The van der Waals surface area contributed by atoms with Crippen molar-refractivity contribution in [3.63, 3.8) is 0 Å². The van der Waals surface area contributed by atoms with Gasteiger partial charge in [-0.15, -0.1) is 11.6 Å². The van der Waals surface area contributed by atoms with Crippen molar-refractivity contribution in [2.75, 3.05) is 19.0 Å². The summed E-state index contributed by atoms with van der Waals surface area (Å²) in [6, 6.07) is 0. The molecule has 0 N–H and O–H groups in total. The van der Waals surface area contributed by atoms with Crippen LogP contribution in [0.2, 0.25) is 0 Å². The van der Waals surface area contributed by atoms with Crippen molar-refractivity contribution in [3.8, 4) is 0 Å². The number of nitrogens with zero attached hydrogens (tertiary/aromatic N) is 1. The number of rotatable bonds is 4. The van der Waals surface area contributed by atoms with Gasteiger partial charge in [0.2, 0.25) is 5.91 Å². The molecule has 2 nitrogen and oxygen atoms in total. The van der Waals surface area contributed by atoms with Crippen LogP contribution in [0, 0.1) is 5.92 Å². The Kier molecular flexibility index (Phi) is 3.86. The first kappa shape index (κ1) is 9.85. The van der Waals surface area contributed by atoms with E-state index < -0.39 is 0 Å². The van der Waals surface area contributed by atoms with Gasteiger partial charge in [-0.25, -0.2) is 0 Å². The van der Waals surface area contributed by atoms with Crippen molar-refractivity contribution < 1.29 is 4.79 Å². The average molecular weight is 190 g/mol. The zero-order valence-corrected chi connectivity index (χ0v) is 8.31. The molecule has 12 heavy (non-hydrogen) atoms. The van der Waals surface area contributed by atoms with Gasteiger partial charge in [-0.05, 0) is 25.7 Å². The lowest BCUT2D eigenvalue weighted by atomic mass is 9.85. The third-order valence-corrected chi connectivity index (χ3v) is 2.78. The quantitative estimate of drug-likeness (QED) is 0.619. The van der Waals surface area contributed by atoms with Crippen LogP contribution in [-0.4, -0.2) is 29.8 Å². The van der Waals surface area contributed by atoms with E-state index in [0.29, 0.717) is 0 Å². The molecule has 0 unspecified atom stereocenters. The number of amides is 1. The minimum Gasteiger partial charge on any atom is -0.342 e. The Morgan fingerprint density at radius 1 is 1.58 bits per heavy atom. The Morgan fingerprint density at radius 2 is 2.25 bits per heavy atom. The van der Waals surface area contributed by atoms with E-state index in [0.717, 1.165) is 19.0 Å². The smallest absolute Gasteiger partial charge is 0.237 e. The number of carbonyl (C=O) groups is 1. The molecule has 0 radical (unpaired) electrons. The van der Waals surface area contributed by atoms with Crippen molar-refractivity contribution in [3.05, 3.63) is 0 Å². The molecule has 0 spiro atoms. The number of hydrogen-bond donors (Lipinski definition) is 0. The Bertz CT molecular complexity index is 157. The minimum absolute atomic E-state index is 0.0751. The highest BCUT2D eigenvalue weighted by molar-refractivity contribution is 6.27. The Hall–Kier alpha value is -0.240. The van der Waals surface area contributed by atoms with Crippen LogP contribution in [0.5, 0.6) is 0 Å². The summed E-state index contributed by atoms with van der Waals surface area (Å²) in [4.78, 5) is 13.1. The molecule has 3 heteroatoms. The molecule has 0 heterocycles. The van der Waals surface area contributed by atoms with Crippen LogP contribution in [-0.2, 0) is 4.79 Å².